The Morgan fingerprint density at radius 1 is 1.00 bits per heavy atom. The van der Waals surface area contributed by atoms with Crippen molar-refractivity contribution >= 4 is 17.6 Å². The third-order valence-corrected chi connectivity index (χ3v) is 2.80. The Labute approximate surface area is 117 Å². The van der Waals surface area contributed by atoms with Gasteiger partial charge in [-0.1, -0.05) is 42.5 Å². The van der Waals surface area contributed by atoms with E-state index in [0.717, 1.165) is 16.0 Å². The monoisotopic (exact) mass is 267 g/mol. The number of nitrogens with zero attached hydrogens (tertiary/aromatic N) is 1. The number of anilines is 1. The Morgan fingerprint density at radius 2 is 1.65 bits per heavy atom. The van der Waals surface area contributed by atoms with E-state index in [1.165, 1.54) is 0 Å². The van der Waals surface area contributed by atoms with E-state index >= 15 is 0 Å². The summed E-state index contributed by atoms with van der Waals surface area (Å²) in [5.41, 5.74) is 2.35. The van der Waals surface area contributed by atoms with Crippen LogP contribution in [0.1, 0.15) is 6.42 Å². The van der Waals surface area contributed by atoms with Gasteiger partial charge >= 0.3 is 5.97 Å². The first-order chi connectivity index (χ1) is 9.58. The van der Waals surface area contributed by atoms with Crippen molar-refractivity contribution in [2.45, 2.75) is 6.42 Å². The van der Waals surface area contributed by atoms with Gasteiger partial charge in [0, 0.05) is 5.69 Å². The van der Waals surface area contributed by atoms with Crippen molar-refractivity contribution in [3.05, 3.63) is 61.6 Å². The van der Waals surface area contributed by atoms with Gasteiger partial charge in [-0.25, -0.2) is 0 Å². The largest absolute Gasteiger partial charge is 0.481 e. The molecular formula is C16H13NO3. The van der Waals surface area contributed by atoms with E-state index < -0.39 is 18.3 Å². The lowest BCUT2D eigenvalue weighted by molar-refractivity contribution is -0.139. The maximum Gasteiger partial charge on any atom is 0.312 e. The lowest BCUT2D eigenvalue weighted by Gasteiger charge is -2.16. The van der Waals surface area contributed by atoms with E-state index in [0.29, 0.717) is 5.69 Å². The number of amides is 1. The SMILES string of the molecule is [CH]N(C(=O)CC(=O)O)c1cccc(-c2ccccc2)c1. The van der Waals surface area contributed by atoms with E-state index in [4.69, 9.17) is 12.2 Å². The molecule has 0 aliphatic heterocycles. The standard InChI is InChI=1S/C16H13NO3/c1-17(15(18)11-16(19)20)14-9-5-8-13(10-14)12-6-3-2-4-7-12/h1-10H,11H2,(H,19,20). The maximum absolute atomic E-state index is 11.6. The van der Waals surface area contributed by atoms with Crippen LogP contribution in [0.4, 0.5) is 5.69 Å². The van der Waals surface area contributed by atoms with Gasteiger partial charge in [0.15, 0.2) is 0 Å². The van der Waals surface area contributed by atoms with Gasteiger partial charge in [0.1, 0.15) is 6.42 Å². The first kappa shape index (κ1) is 13.8. The third kappa shape index (κ3) is 3.23. The molecule has 2 aromatic carbocycles. The molecule has 0 aliphatic carbocycles. The molecule has 1 amide bonds. The van der Waals surface area contributed by atoms with Crippen molar-refractivity contribution in [1.82, 2.24) is 0 Å². The molecule has 0 unspecified atom stereocenters. The molecular weight excluding hydrogens is 254 g/mol. The lowest BCUT2D eigenvalue weighted by atomic mass is 10.1. The van der Waals surface area contributed by atoms with Crippen molar-refractivity contribution in [1.29, 1.82) is 0 Å². The average Bonchev–Trinajstić information content (AvgIpc) is 2.47. The first-order valence-electron chi connectivity index (χ1n) is 6.03. The quantitative estimate of drug-likeness (QED) is 0.684. The Kier molecular flexibility index (Phi) is 4.15. The van der Waals surface area contributed by atoms with E-state index in [1.54, 1.807) is 18.2 Å². The summed E-state index contributed by atoms with van der Waals surface area (Å²) < 4.78 is 0. The molecule has 0 atom stereocenters. The molecule has 0 aromatic heterocycles. The molecule has 2 radical (unpaired) electrons. The van der Waals surface area contributed by atoms with Crippen LogP contribution in [0.15, 0.2) is 54.6 Å². The van der Waals surface area contributed by atoms with Gasteiger partial charge in [0.25, 0.3) is 0 Å². The van der Waals surface area contributed by atoms with Gasteiger partial charge in [0.05, 0.1) is 7.05 Å². The highest BCUT2D eigenvalue weighted by molar-refractivity contribution is 6.03. The zero-order valence-corrected chi connectivity index (χ0v) is 10.7. The van der Waals surface area contributed by atoms with Crippen LogP contribution in [0.3, 0.4) is 0 Å². The number of carboxylic acid groups (broad SMARTS) is 1. The van der Waals surface area contributed by atoms with E-state index in [1.807, 2.05) is 36.4 Å². The predicted molar refractivity (Wildman–Crippen MR) is 75.9 cm³/mol. The highest BCUT2D eigenvalue weighted by atomic mass is 16.4. The Bertz CT molecular complexity index is 623. The Morgan fingerprint density at radius 3 is 2.30 bits per heavy atom. The van der Waals surface area contributed by atoms with Crippen LogP contribution in [0.5, 0.6) is 0 Å². The fourth-order valence-electron chi connectivity index (χ4n) is 1.82. The fourth-order valence-corrected chi connectivity index (χ4v) is 1.82. The fraction of sp³-hybridized carbons (Fsp3) is 0.0625. The van der Waals surface area contributed by atoms with E-state index in [-0.39, 0.29) is 0 Å². The molecule has 4 heteroatoms. The summed E-state index contributed by atoms with van der Waals surface area (Å²) in [4.78, 5) is 23.0. The van der Waals surface area contributed by atoms with Crippen LogP contribution in [0.25, 0.3) is 11.1 Å². The molecule has 0 spiro atoms. The molecule has 0 bridgehead atoms. The van der Waals surface area contributed by atoms with Crippen LogP contribution >= 0.6 is 0 Å². The van der Waals surface area contributed by atoms with E-state index in [9.17, 15) is 9.59 Å². The molecule has 2 aromatic rings. The van der Waals surface area contributed by atoms with Gasteiger partial charge in [-0.15, -0.1) is 0 Å². The molecule has 0 aliphatic rings. The zero-order chi connectivity index (χ0) is 14.5. The smallest absolute Gasteiger partial charge is 0.312 e. The van der Waals surface area contributed by atoms with Gasteiger partial charge in [-0.3, -0.25) is 9.59 Å². The van der Waals surface area contributed by atoms with Gasteiger partial charge in [-0.2, -0.15) is 0 Å². The van der Waals surface area contributed by atoms with Crippen molar-refractivity contribution in [3.63, 3.8) is 0 Å². The summed E-state index contributed by atoms with van der Waals surface area (Å²) in [7, 11) is 5.65. The number of carbonyl (C=O) groups is 2. The van der Waals surface area contributed by atoms with Gasteiger partial charge < -0.3 is 10.0 Å². The van der Waals surface area contributed by atoms with Crippen molar-refractivity contribution in [2.75, 3.05) is 4.90 Å². The number of hydrogen-bond acceptors (Lipinski definition) is 2. The van der Waals surface area contributed by atoms with Gasteiger partial charge in [0.2, 0.25) is 5.91 Å². The van der Waals surface area contributed by atoms with Crippen molar-refractivity contribution in [2.24, 2.45) is 0 Å². The number of aliphatic carboxylic acids is 1. The average molecular weight is 267 g/mol. The van der Waals surface area contributed by atoms with E-state index in [2.05, 4.69) is 0 Å². The van der Waals surface area contributed by atoms with Crippen LogP contribution in [0.2, 0.25) is 0 Å². The number of hydrogen-bond donors (Lipinski definition) is 1. The molecule has 0 fully saturated rings. The first-order valence-corrected chi connectivity index (χ1v) is 6.03. The summed E-state index contributed by atoms with van der Waals surface area (Å²) >= 11 is 0. The highest BCUT2D eigenvalue weighted by Crippen LogP contribution is 2.24. The topological polar surface area (TPSA) is 57.6 Å². The molecule has 1 N–H and O–H groups in total. The second kappa shape index (κ2) is 6.02. The maximum atomic E-state index is 11.6. The lowest BCUT2D eigenvalue weighted by Crippen LogP contribution is -2.26. The summed E-state index contributed by atoms with van der Waals surface area (Å²) in [6.45, 7) is 0. The van der Waals surface area contributed by atoms with Gasteiger partial charge in [-0.05, 0) is 23.3 Å². The number of benzene rings is 2. The minimum absolute atomic E-state index is 0.456. The van der Waals surface area contributed by atoms with Crippen molar-refractivity contribution in [3.8, 4) is 11.1 Å². The minimum Gasteiger partial charge on any atom is -0.481 e. The second-order valence-corrected chi connectivity index (χ2v) is 4.25. The summed E-state index contributed by atoms with van der Waals surface area (Å²) in [6.07, 6.45) is -0.633. The minimum atomic E-state index is -1.20. The molecule has 4 nitrogen and oxygen atoms in total. The Balaban J connectivity index is 2.26. The number of carbonyl (C=O) groups excluding carboxylic acids is 1. The third-order valence-electron chi connectivity index (χ3n) is 2.80. The summed E-state index contributed by atoms with van der Waals surface area (Å²) in [6, 6.07) is 16.7. The second-order valence-electron chi connectivity index (χ2n) is 4.25. The molecule has 100 valence electrons. The van der Waals surface area contributed by atoms with Crippen LogP contribution in [-0.2, 0) is 9.59 Å². The summed E-state index contributed by atoms with van der Waals surface area (Å²) in [5.74, 6) is -1.87. The van der Waals surface area contributed by atoms with Crippen LogP contribution in [-0.4, -0.2) is 17.0 Å². The normalized spacial score (nSPS) is 10.1. The van der Waals surface area contributed by atoms with Crippen molar-refractivity contribution < 1.29 is 14.7 Å². The number of carboxylic acids is 1. The molecule has 0 saturated carbocycles. The molecule has 0 saturated heterocycles. The molecule has 20 heavy (non-hydrogen) atoms. The molecule has 2 rings (SSSR count). The van der Waals surface area contributed by atoms with Crippen LogP contribution in [0, 0.1) is 7.05 Å². The summed E-state index contributed by atoms with van der Waals surface area (Å²) in [5, 5.41) is 8.61. The predicted octanol–water partition coefficient (Wildman–Crippen LogP) is 2.83. The Hall–Kier alpha value is -2.62. The van der Waals surface area contributed by atoms with Crippen LogP contribution < -0.4 is 4.90 Å². The zero-order valence-electron chi connectivity index (χ0n) is 10.7. The molecule has 0 heterocycles. The highest BCUT2D eigenvalue weighted by Gasteiger charge is 2.15. The number of rotatable bonds is 4.